The topological polar surface area (TPSA) is 23.5 Å². The number of benzene rings is 1. The highest BCUT2D eigenvalue weighted by atomic mass is 19.1. The third-order valence-electron chi connectivity index (χ3n) is 3.38. The van der Waals surface area contributed by atoms with E-state index in [1.54, 1.807) is 6.92 Å². The second kappa shape index (κ2) is 4.70. The Bertz CT molecular complexity index is 376. The summed E-state index contributed by atoms with van der Waals surface area (Å²) in [5.41, 5.74) is -0.515. The van der Waals surface area contributed by atoms with Crippen LogP contribution in [0.4, 0.5) is 8.78 Å². The van der Waals surface area contributed by atoms with Gasteiger partial charge in [0.15, 0.2) is 0 Å². The van der Waals surface area contributed by atoms with Crippen molar-refractivity contribution in [1.82, 2.24) is 4.90 Å². The van der Waals surface area contributed by atoms with E-state index < -0.39 is 17.2 Å². The molecule has 0 spiro atoms. The molecule has 2 rings (SSSR count). The van der Waals surface area contributed by atoms with Gasteiger partial charge in [-0.3, -0.25) is 4.90 Å². The first-order valence-electron chi connectivity index (χ1n) is 5.85. The van der Waals surface area contributed by atoms with Crippen molar-refractivity contribution in [1.29, 1.82) is 0 Å². The predicted molar refractivity (Wildman–Crippen MR) is 61.5 cm³/mol. The molecule has 1 aromatic rings. The molecule has 0 saturated carbocycles. The minimum atomic E-state index is -0.635. The lowest BCUT2D eigenvalue weighted by atomic mass is 9.93. The maximum absolute atomic E-state index is 13.4. The minimum absolute atomic E-state index is 0.119. The van der Waals surface area contributed by atoms with Gasteiger partial charge in [0.25, 0.3) is 0 Å². The van der Waals surface area contributed by atoms with Gasteiger partial charge in [-0.1, -0.05) is 6.07 Å². The number of likely N-dealkylation sites (tertiary alicyclic amines) is 1. The molecule has 1 saturated heterocycles. The van der Waals surface area contributed by atoms with Crippen LogP contribution in [0.5, 0.6) is 0 Å². The molecule has 0 amide bonds. The Morgan fingerprint density at radius 3 is 2.29 bits per heavy atom. The molecule has 0 aliphatic carbocycles. The summed E-state index contributed by atoms with van der Waals surface area (Å²) in [6, 6.07) is 3.92. The number of piperidine rings is 1. The molecule has 4 heteroatoms. The van der Waals surface area contributed by atoms with E-state index in [9.17, 15) is 13.9 Å². The number of rotatable bonds is 2. The molecule has 17 heavy (non-hydrogen) atoms. The van der Waals surface area contributed by atoms with E-state index in [0.717, 1.165) is 0 Å². The zero-order chi connectivity index (χ0) is 12.5. The first-order chi connectivity index (χ1) is 7.98. The Hall–Kier alpha value is -1.00. The summed E-state index contributed by atoms with van der Waals surface area (Å²) < 4.78 is 26.9. The van der Waals surface area contributed by atoms with E-state index in [4.69, 9.17) is 0 Å². The van der Waals surface area contributed by atoms with E-state index in [0.29, 0.717) is 25.9 Å². The van der Waals surface area contributed by atoms with Crippen LogP contribution >= 0.6 is 0 Å². The molecule has 0 unspecified atom stereocenters. The van der Waals surface area contributed by atoms with Crippen molar-refractivity contribution in [2.24, 2.45) is 0 Å². The van der Waals surface area contributed by atoms with Gasteiger partial charge >= 0.3 is 0 Å². The quantitative estimate of drug-likeness (QED) is 0.859. The molecular weight excluding hydrogens is 224 g/mol. The van der Waals surface area contributed by atoms with Crippen LogP contribution in [-0.4, -0.2) is 28.7 Å². The van der Waals surface area contributed by atoms with E-state index in [-0.39, 0.29) is 12.1 Å². The zero-order valence-electron chi connectivity index (χ0n) is 9.92. The fourth-order valence-electron chi connectivity index (χ4n) is 2.10. The largest absolute Gasteiger partial charge is 0.390 e. The summed E-state index contributed by atoms with van der Waals surface area (Å²) in [4.78, 5) is 1.97. The summed E-state index contributed by atoms with van der Waals surface area (Å²) in [6.07, 6.45) is 1.28. The van der Waals surface area contributed by atoms with Crippen molar-refractivity contribution < 1.29 is 13.9 Å². The van der Waals surface area contributed by atoms with Gasteiger partial charge in [0, 0.05) is 25.2 Å². The zero-order valence-corrected chi connectivity index (χ0v) is 9.92. The molecule has 2 nitrogen and oxygen atoms in total. The second-order valence-corrected chi connectivity index (χ2v) is 4.97. The van der Waals surface area contributed by atoms with Crippen LogP contribution in [-0.2, 0) is 6.54 Å². The van der Waals surface area contributed by atoms with Crippen LogP contribution in [0.25, 0.3) is 0 Å². The van der Waals surface area contributed by atoms with Crippen LogP contribution in [0.3, 0.4) is 0 Å². The minimum Gasteiger partial charge on any atom is -0.390 e. The maximum Gasteiger partial charge on any atom is 0.130 e. The fourth-order valence-corrected chi connectivity index (χ4v) is 2.10. The summed E-state index contributed by atoms with van der Waals surface area (Å²) in [7, 11) is 0. The number of hydrogen-bond acceptors (Lipinski definition) is 2. The molecular formula is C13H17F2NO. The Kier molecular flexibility index (Phi) is 3.45. The first kappa shape index (κ1) is 12.5. The van der Waals surface area contributed by atoms with Crippen molar-refractivity contribution in [2.75, 3.05) is 13.1 Å². The highest BCUT2D eigenvalue weighted by molar-refractivity contribution is 5.19. The molecule has 1 heterocycles. The van der Waals surface area contributed by atoms with Gasteiger partial charge in [-0.05, 0) is 31.9 Å². The molecule has 1 fully saturated rings. The summed E-state index contributed by atoms with van der Waals surface area (Å²) in [5, 5.41) is 9.79. The van der Waals surface area contributed by atoms with Crippen LogP contribution in [0.15, 0.2) is 18.2 Å². The molecule has 0 atom stereocenters. The van der Waals surface area contributed by atoms with Crippen molar-refractivity contribution >= 4 is 0 Å². The van der Waals surface area contributed by atoms with Crippen LogP contribution < -0.4 is 0 Å². The van der Waals surface area contributed by atoms with Gasteiger partial charge < -0.3 is 5.11 Å². The normalized spacial score (nSPS) is 20.5. The molecule has 1 aliphatic rings. The molecule has 0 radical (unpaired) electrons. The van der Waals surface area contributed by atoms with Gasteiger partial charge in [-0.25, -0.2) is 8.78 Å². The summed E-state index contributed by atoms with van der Waals surface area (Å²) in [6.45, 7) is 3.41. The molecule has 1 aliphatic heterocycles. The standard InChI is InChI=1S/C13H17F2NO/c1-13(17)5-7-16(8-6-13)9-10-11(14)3-2-4-12(10)15/h2-4,17H,5-9H2,1H3. The molecule has 1 N–H and O–H groups in total. The van der Waals surface area contributed by atoms with Crippen molar-refractivity contribution in [3.63, 3.8) is 0 Å². The highest BCUT2D eigenvalue weighted by Gasteiger charge is 2.27. The van der Waals surface area contributed by atoms with E-state index in [1.165, 1.54) is 18.2 Å². The average molecular weight is 241 g/mol. The molecule has 94 valence electrons. The Labute approximate surface area is 99.9 Å². The number of nitrogens with zero attached hydrogens (tertiary/aromatic N) is 1. The summed E-state index contributed by atoms with van der Waals surface area (Å²) in [5.74, 6) is -0.996. The lowest BCUT2D eigenvalue weighted by Gasteiger charge is -2.35. The number of halogens is 2. The summed E-state index contributed by atoms with van der Waals surface area (Å²) >= 11 is 0. The lowest BCUT2D eigenvalue weighted by molar-refractivity contribution is -0.00771. The van der Waals surface area contributed by atoms with E-state index in [2.05, 4.69) is 0 Å². The van der Waals surface area contributed by atoms with Gasteiger partial charge in [-0.15, -0.1) is 0 Å². The number of aliphatic hydroxyl groups is 1. The second-order valence-electron chi connectivity index (χ2n) is 4.97. The van der Waals surface area contributed by atoms with Crippen LogP contribution in [0.2, 0.25) is 0 Å². The average Bonchev–Trinajstić information content (AvgIpc) is 2.26. The number of hydrogen-bond donors (Lipinski definition) is 1. The fraction of sp³-hybridized carbons (Fsp3) is 0.538. The molecule has 0 aromatic heterocycles. The highest BCUT2D eigenvalue weighted by Crippen LogP contribution is 2.23. The SMILES string of the molecule is CC1(O)CCN(Cc2c(F)cccc2F)CC1. The van der Waals surface area contributed by atoms with Crippen LogP contribution in [0, 0.1) is 11.6 Å². The van der Waals surface area contributed by atoms with Crippen molar-refractivity contribution in [3.05, 3.63) is 35.4 Å². The van der Waals surface area contributed by atoms with Gasteiger partial charge in [0.1, 0.15) is 11.6 Å². The van der Waals surface area contributed by atoms with Gasteiger partial charge in [0.05, 0.1) is 5.60 Å². The van der Waals surface area contributed by atoms with E-state index in [1.807, 2.05) is 4.90 Å². The Morgan fingerprint density at radius 1 is 1.24 bits per heavy atom. The van der Waals surface area contributed by atoms with E-state index >= 15 is 0 Å². The first-order valence-corrected chi connectivity index (χ1v) is 5.85. The maximum atomic E-state index is 13.4. The van der Waals surface area contributed by atoms with Crippen molar-refractivity contribution in [2.45, 2.75) is 31.9 Å². The lowest BCUT2D eigenvalue weighted by Crippen LogP contribution is -2.42. The Morgan fingerprint density at radius 2 is 1.76 bits per heavy atom. The smallest absolute Gasteiger partial charge is 0.130 e. The monoisotopic (exact) mass is 241 g/mol. The van der Waals surface area contributed by atoms with Crippen LogP contribution in [0.1, 0.15) is 25.3 Å². The molecule has 0 bridgehead atoms. The van der Waals surface area contributed by atoms with Crippen molar-refractivity contribution in [3.8, 4) is 0 Å². The third-order valence-corrected chi connectivity index (χ3v) is 3.38. The molecule has 1 aromatic carbocycles. The third kappa shape index (κ3) is 3.01. The Balaban J connectivity index is 2.03. The van der Waals surface area contributed by atoms with Gasteiger partial charge in [-0.2, -0.15) is 0 Å². The predicted octanol–water partition coefficient (Wildman–Crippen LogP) is 2.31. The van der Waals surface area contributed by atoms with Gasteiger partial charge in [0.2, 0.25) is 0 Å².